The van der Waals surface area contributed by atoms with E-state index in [9.17, 15) is 14.7 Å². The second-order valence-corrected chi connectivity index (χ2v) is 4.93. The first kappa shape index (κ1) is 17.9. The summed E-state index contributed by atoms with van der Waals surface area (Å²) in [6.07, 6.45) is 1.61. The van der Waals surface area contributed by atoms with E-state index >= 15 is 0 Å². The first-order valence-electron chi connectivity index (χ1n) is 7.42. The molecule has 0 saturated heterocycles. The van der Waals surface area contributed by atoms with Crippen molar-refractivity contribution in [2.75, 3.05) is 14.2 Å². The van der Waals surface area contributed by atoms with Gasteiger partial charge in [0.1, 0.15) is 0 Å². The molecule has 0 fully saturated rings. The molecule has 1 N–H and O–H groups in total. The van der Waals surface area contributed by atoms with Crippen molar-refractivity contribution in [2.45, 2.75) is 0 Å². The van der Waals surface area contributed by atoms with Gasteiger partial charge in [-0.25, -0.2) is 9.59 Å². The molecular formula is C19H18NO5+. The smallest absolute Gasteiger partial charge is 0.408 e. The third kappa shape index (κ3) is 4.32. The minimum absolute atomic E-state index is 0.343. The number of hydrogen-bond donors (Lipinski definition) is 1. The normalized spacial score (nSPS) is 12.2. The lowest BCUT2D eigenvalue weighted by Crippen LogP contribution is -2.23. The molecule has 0 aromatic heterocycles. The Labute approximate surface area is 145 Å². The van der Waals surface area contributed by atoms with Crippen LogP contribution in [0.4, 0.5) is 5.69 Å². The number of aliphatic hydroxyl groups excluding tert-OH is 1. The minimum atomic E-state index is -1.04. The van der Waals surface area contributed by atoms with Crippen molar-refractivity contribution in [3.8, 4) is 0 Å². The average Bonchev–Trinajstić information content (AvgIpc) is 2.67. The lowest BCUT2D eigenvalue weighted by molar-refractivity contribution is -0.378. The Morgan fingerprint density at radius 2 is 1.40 bits per heavy atom. The predicted octanol–water partition coefficient (Wildman–Crippen LogP) is 2.57. The first-order valence-corrected chi connectivity index (χ1v) is 7.42. The first-order chi connectivity index (χ1) is 12.1. The van der Waals surface area contributed by atoms with E-state index in [0.717, 1.165) is 12.7 Å². The highest BCUT2D eigenvalue weighted by molar-refractivity contribution is 5.97. The summed E-state index contributed by atoms with van der Waals surface area (Å²) in [5, 5.41) is 10.2. The van der Waals surface area contributed by atoms with Crippen molar-refractivity contribution in [1.82, 2.24) is 0 Å². The van der Waals surface area contributed by atoms with Crippen molar-refractivity contribution in [1.29, 1.82) is 0 Å². The quantitative estimate of drug-likeness (QED) is 0.298. The molecule has 2 aromatic rings. The SMILES string of the molecule is COC(=O)/C(O)=C(\C(=O)OC)[N+](=Cc1ccccc1)c1ccccc1. The van der Waals surface area contributed by atoms with Gasteiger partial charge >= 0.3 is 17.6 Å². The number of carbonyl (C=O) groups excluding carboxylic acids is 2. The summed E-state index contributed by atoms with van der Waals surface area (Å²) >= 11 is 0. The Morgan fingerprint density at radius 3 is 1.92 bits per heavy atom. The average molecular weight is 340 g/mol. The molecule has 2 rings (SSSR count). The number of methoxy groups -OCH3 is 2. The van der Waals surface area contributed by atoms with Gasteiger partial charge in [0, 0.05) is 17.7 Å². The van der Waals surface area contributed by atoms with Crippen LogP contribution in [0.5, 0.6) is 0 Å². The molecule has 0 aliphatic heterocycles. The monoisotopic (exact) mass is 340 g/mol. The Morgan fingerprint density at radius 1 is 0.880 bits per heavy atom. The van der Waals surface area contributed by atoms with E-state index in [-0.39, 0.29) is 5.70 Å². The third-order valence-corrected chi connectivity index (χ3v) is 3.33. The summed E-state index contributed by atoms with van der Waals surface area (Å²) in [5.74, 6) is -2.76. The molecule has 0 spiro atoms. The number of nitrogens with zero attached hydrogens (tertiary/aromatic N) is 1. The van der Waals surface area contributed by atoms with Crippen molar-refractivity contribution in [3.63, 3.8) is 0 Å². The molecule has 0 unspecified atom stereocenters. The van der Waals surface area contributed by atoms with E-state index in [1.54, 1.807) is 30.5 Å². The van der Waals surface area contributed by atoms with E-state index in [4.69, 9.17) is 4.74 Å². The van der Waals surface area contributed by atoms with Gasteiger partial charge in [-0.2, -0.15) is 4.58 Å². The van der Waals surface area contributed by atoms with Crippen molar-refractivity contribution < 1.29 is 28.7 Å². The van der Waals surface area contributed by atoms with E-state index in [1.165, 1.54) is 11.7 Å². The molecule has 0 aliphatic carbocycles. The van der Waals surface area contributed by atoms with Crippen LogP contribution >= 0.6 is 0 Å². The summed E-state index contributed by atoms with van der Waals surface area (Å²) in [4.78, 5) is 24.1. The largest absolute Gasteiger partial charge is 0.497 e. The van der Waals surface area contributed by atoms with Crippen LogP contribution in [0.25, 0.3) is 0 Å². The molecule has 0 aliphatic rings. The second kappa shape index (κ2) is 8.44. The van der Waals surface area contributed by atoms with Gasteiger partial charge in [0.2, 0.25) is 5.69 Å². The zero-order chi connectivity index (χ0) is 18.2. The molecule has 6 heteroatoms. The van der Waals surface area contributed by atoms with Crippen LogP contribution in [-0.4, -0.2) is 42.1 Å². The van der Waals surface area contributed by atoms with Crippen LogP contribution in [0.1, 0.15) is 5.56 Å². The van der Waals surface area contributed by atoms with Gasteiger partial charge < -0.3 is 14.6 Å². The maximum atomic E-state index is 12.3. The Bertz CT molecular complexity index is 810. The maximum absolute atomic E-state index is 12.3. The van der Waals surface area contributed by atoms with Crippen LogP contribution in [0, 0.1) is 0 Å². The maximum Gasteiger partial charge on any atom is 0.408 e. The standard InChI is InChI=1S/C19H17NO5/c1-24-18(22)16(17(21)19(23)25-2)20(15-11-7-4-8-12-15)13-14-9-5-3-6-10-14/h3-13H,1-2H3/p+1. The predicted molar refractivity (Wildman–Crippen MR) is 91.7 cm³/mol. The van der Waals surface area contributed by atoms with Gasteiger partial charge in [-0.1, -0.05) is 36.4 Å². The van der Waals surface area contributed by atoms with E-state index in [1.807, 2.05) is 36.4 Å². The van der Waals surface area contributed by atoms with Gasteiger partial charge in [0.25, 0.3) is 5.76 Å². The number of ether oxygens (including phenoxy) is 2. The fraction of sp³-hybridized carbons (Fsp3) is 0.105. The Hall–Kier alpha value is -3.41. The van der Waals surface area contributed by atoms with Gasteiger partial charge in [-0.15, -0.1) is 0 Å². The second-order valence-electron chi connectivity index (χ2n) is 4.93. The molecule has 0 radical (unpaired) electrons. The van der Waals surface area contributed by atoms with Crippen LogP contribution < -0.4 is 0 Å². The minimum Gasteiger partial charge on any atom is -0.497 e. The molecule has 25 heavy (non-hydrogen) atoms. The number of aliphatic hydroxyl groups is 1. The molecule has 128 valence electrons. The topological polar surface area (TPSA) is 75.8 Å². The fourth-order valence-electron chi connectivity index (χ4n) is 2.14. The molecule has 0 heterocycles. The van der Waals surface area contributed by atoms with Crippen LogP contribution in [0.2, 0.25) is 0 Å². The zero-order valence-corrected chi connectivity index (χ0v) is 13.9. The number of carbonyl (C=O) groups is 2. The highest BCUT2D eigenvalue weighted by Gasteiger charge is 2.34. The zero-order valence-electron chi connectivity index (χ0n) is 13.9. The number of esters is 2. The molecule has 0 atom stereocenters. The van der Waals surface area contributed by atoms with Crippen LogP contribution in [0.15, 0.2) is 72.1 Å². The molecule has 2 aromatic carbocycles. The van der Waals surface area contributed by atoms with Gasteiger partial charge in [-0.3, -0.25) is 0 Å². The summed E-state index contributed by atoms with van der Waals surface area (Å²) in [5.41, 5.74) is 0.969. The summed E-state index contributed by atoms with van der Waals surface area (Å²) in [7, 11) is 2.28. The van der Waals surface area contributed by atoms with Gasteiger partial charge in [0.05, 0.1) is 14.2 Å². The van der Waals surface area contributed by atoms with E-state index in [2.05, 4.69) is 4.74 Å². The molecule has 0 bridgehead atoms. The molecule has 0 saturated carbocycles. The molecule has 6 nitrogen and oxygen atoms in total. The lowest BCUT2D eigenvalue weighted by atomic mass is 10.2. The van der Waals surface area contributed by atoms with Crippen LogP contribution in [0.3, 0.4) is 0 Å². The Kier molecular flexibility index (Phi) is 6.06. The highest BCUT2D eigenvalue weighted by atomic mass is 16.5. The van der Waals surface area contributed by atoms with Crippen molar-refractivity contribution in [2.24, 2.45) is 0 Å². The fourth-order valence-corrected chi connectivity index (χ4v) is 2.14. The van der Waals surface area contributed by atoms with Gasteiger partial charge in [0.15, 0.2) is 6.21 Å². The number of hydrogen-bond acceptors (Lipinski definition) is 5. The van der Waals surface area contributed by atoms with Gasteiger partial charge in [-0.05, 0) is 12.1 Å². The third-order valence-electron chi connectivity index (χ3n) is 3.33. The Balaban J connectivity index is 2.73. The molecule has 0 amide bonds. The number of para-hydroxylation sites is 1. The van der Waals surface area contributed by atoms with E-state index < -0.39 is 17.7 Å². The van der Waals surface area contributed by atoms with Crippen molar-refractivity contribution in [3.05, 3.63) is 77.7 Å². The number of rotatable bonds is 5. The summed E-state index contributed by atoms with van der Waals surface area (Å²) in [6, 6.07) is 18.0. The summed E-state index contributed by atoms with van der Waals surface area (Å²) < 4.78 is 10.7. The lowest BCUT2D eigenvalue weighted by Gasteiger charge is -2.07. The number of benzene rings is 2. The highest BCUT2D eigenvalue weighted by Crippen LogP contribution is 2.20. The molecular weight excluding hydrogens is 322 g/mol. The van der Waals surface area contributed by atoms with Crippen molar-refractivity contribution >= 4 is 23.8 Å². The summed E-state index contributed by atoms with van der Waals surface area (Å²) in [6.45, 7) is 0. The van der Waals surface area contributed by atoms with Crippen LogP contribution in [-0.2, 0) is 19.1 Å². The van der Waals surface area contributed by atoms with E-state index in [0.29, 0.717) is 5.69 Å².